The zero-order valence-electron chi connectivity index (χ0n) is 11.8. The van der Waals surface area contributed by atoms with Crippen molar-refractivity contribution in [2.24, 2.45) is 0 Å². The lowest BCUT2D eigenvalue weighted by molar-refractivity contribution is -0.139. The standard InChI is InChI=1S/C14H18F4N2O/c1-21-10-9-19-5-7-20(8-6-19)12-4-2-3-11(15)13(12)14(16,17)18/h2-4H,5-10H2,1H3. The van der Waals surface area contributed by atoms with Crippen molar-refractivity contribution in [2.75, 3.05) is 51.3 Å². The van der Waals surface area contributed by atoms with Crippen LogP contribution in [-0.2, 0) is 10.9 Å². The molecule has 3 nitrogen and oxygen atoms in total. The van der Waals surface area contributed by atoms with Crippen molar-refractivity contribution in [2.45, 2.75) is 6.18 Å². The van der Waals surface area contributed by atoms with Crippen molar-refractivity contribution in [3.63, 3.8) is 0 Å². The van der Waals surface area contributed by atoms with Gasteiger partial charge in [0.25, 0.3) is 0 Å². The average molecular weight is 306 g/mol. The lowest BCUT2D eigenvalue weighted by Gasteiger charge is -2.37. The number of hydrogen-bond donors (Lipinski definition) is 0. The Morgan fingerprint density at radius 1 is 1.14 bits per heavy atom. The molecule has 118 valence electrons. The molecule has 1 aromatic carbocycles. The molecule has 0 atom stereocenters. The summed E-state index contributed by atoms with van der Waals surface area (Å²) in [6.45, 7) is 3.49. The largest absolute Gasteiger partial charge is 0.421 e. The number of anilines is 1. The third-order valence-corrected chi connectivity index (χ3v) is 3.60. The Kier molecular flexibility index (Phi) is 5.05. The third kappa shape index (κ3) is 3.85. The Bertz CT molecular complexity index is 471. The number of halogens is 4. The molecule has 0 aromatic heterocycles. The number of methoxy groups -OCH3 is 1. The Balaban J connectivity index is 2.12. The first-order valence-electron chi connectivity index (χ1n) is 6.75. The highest BCUT2D eigenvalue weighted by atomic mass is 19.4. The molecular weight excluding hydrogens is 288 g/mol. The number of alkyl halides is 3. The molecule has 1 heterocycles. The van der Waals surface area contributed by atoms with Gasteiger partial charge in [-0.25, -0.2) is 4.39 Å². The summed E-state index contributed by atoms with van der Waals surface area (Å²) in [5.41, 5.74) is -1.25. The summed E-state index contributed by atoms with van der Waals surface area (Å²) < 4.78 is 57.6. The van der Waals surface area contributed by atoms with Gasteiger partial charge in [0, 0.05) is 39.8 Å². The van der Waals surface area contributed by atoms with E-state index < -0.39 is 17.6 Å². The van der Waals surface area contributed by atoms with Crippen LogP contribution in [0.25, 0.3) is 0 Å². The number of rotatable bonds is 4. The van der Waals surface area contributed by atoms with Gasteiger partial charge in [-0.15, -0.1) is 0 Å². The number of ether oxygens (including phenoxy) is 1. The molecule has 21 heavy (non-hydrogen) atoms. The lowest BCUT2D eigenvalue weighted by Crippen LogP contribution is -2.47. The van der Waals surface area contributed by atoms with E-state index in [4.69, 9.17) is 4.74 Å². The molecule has 0 saturated carbocycles. The van der Waals surface area contributed by atoms with E-state index in [-0.39, 0.29) is 5.69 Å². The van der Waals surface area contributed by atoms with Crippen LogP contribution in [0.3, 0.4) is 0 Å². The second-order valence-electron chi connectivity index (χ2n) is 4.95. The molecule has 0 amide bonds. The summed E-state index contributed by atoms with van der Waals surface area (Å²) in [4.78, 5) is 3.71. The molecule has 7 heteroatoms. The van der Waals surface area contributed by atoms with Crippen molar-refractivity contribution in [3.05, 3.63) is 29.6 Å². The van der Waals surface area contributed by atoms with Crippen LogP contribution in [0, 0.1) is 5.82 Å². The minimum Gasteiger partial charge on any atom is -0.383 e. The van der Waals surface area contributed by atoms with Crippen molar-refractivity contribution >= 4 is 5.69 Å². The zero-order valence-corrected chi connectivity index (χ0v) is 11.8. The van der Waals surface area contributed by atoms with Crippen molar-refractivity contribution in [1.29, 1.82) is 0 Å². The summed E-state index contributed by atoms with van der Waals surface area (Å²) >= 11 is 0. The molecular formula is C14H18F4N2O. The molecule has 0 bridgehead atoms. The van der Waals surface area contributed by atoms with Crippen molar-refractivity contribution < 1.29 is 22.3 Å². The molecule has 0 spiro atoms. The summed E-state index contributed by atoms with van der Waals surface area (Å²) in [5.74, 6) is -1.22. The number of benzene rings is 1. The molecule has 1 fully saturated rings. The molecule has 1 aromatic rings. The fourth-order valence-electron chi connectivity index (χ4n) is 2.49. The first-order chi connectivity index (χ1) is 9.93. The molecule has 0 N–H and O–H groups in total. The van der Waals surface area contributed by atoms with Crippen LogP contribution >= 0.6 is 0 Å². The molecule has 1 aliphatic heterocycles. The topological polar surface area (TPSA) is 15.7 Å². The summed E-state index contributed by atoms with van der Waals surface area (Å²) in [6.07, 6.45) is -4.69. The minimum absolute atomic E-state index is 0.0751. The first kappa shape index (κ1) is 16.0. The van der Waals surface area contributed by atoms with Gasteiger partial charge >= 0.3 is 6.18 Å². The maximum absolute atomic E-state index is 13.6. The van der Waals surface area contributed by atoms with Crippen LogP contribution < -0.4 is 4.90 Å². The average Bonchev–Trinajstić information content (AvgIpc) is 2.44. The van der Waals surface area contributed by atoms with E-state index in [1.807, 2.05) is 0 Å². The summed E-state index contributed by atoms with van der Waals surface area (Å²) in [7, 11) is 1.61. The Morgan fingerprint density at radius 3 is 2.38 bits per heavy atom. The highest BCUT2D eigenvalue weighted by molar-refractivity contribution is 5.56. The monoisotopic (exact) mass is 306 g/mol. The predicted octanol–water partition coefficient (Wildman–Crippen LogP) is 2.61. The van der Waals surface area contributed by atoms with Gasteiger partial charge in [-0.05, 0) is 12.1 Å². The van der Waals surface area contributed by atoms with E-state index in [0.717, 1.165) is 12.6 Å². The second kappa shape index (κ2) is 6.62. The minimum atomic E-state index is -4.69. The maximum Gasteiger partial charge on any atom is 0.421 e. The van der Waals surface area contributed by atoms with E-state index in [9.17, 15) is 17.6 Å². The van der Waals surface area contributed by atoms with Crippen LogP contribution in [0.2, 0.25) is 0 Å². The SMILES string of the molecule is COCCN1CCN(c2cccc(F)c2C(F)(F)F)CC1. The fraction of sp³-hybridized carbons (Fsp3) is 0.571. The molecule has 2 rings (SSSR count). The normalized spacial score (nSPS) is 17.3. The highest BCUT2D eigenvalue weighted by Crippen LogP contribution is 2.38. The van der Waals surface area contributed by atoms with E-state index >= 15 is 0 Å². The zero-order chi connectivity index (χ0) is 15.5. The lowest BCUT2D eigenvalue weighted by atomic mass is 10.1. The van der Waals surface area contributed by atoms with Gasteiger partial charge in [0.2, 0.25) is 0 Å². The second-order valence-corrected chi connectivity index (χ2v) is 4.95. The van der Waals surface area contributed by atoms with Crippen LogP contribution in [0.4, 0.5) is 23.2 Å². The van der Waals surface area contributed by atoms with Gasteiger partial charge in [-0.3, -0.25) is 4.90 Å². The van der Waals surface area contributed by atoms with Crippen LogP contribution in [-0.4, -0.2) is 51.3 Å². The van der Waals surface area contributed by atoms with Gasteiger partial charge in [-0.1, -0.05) is 6.07 Å². The molecule has 1 saturated heterocycles. The number of piperazine rings is 1. The van der Waals surface area contributed by atoms with Gasteiger partial charge in [0.15, 0.2) is 0 Å². The number of nitrogens with zero attached hydrogens (tertiary/aromatic N) is 2. The first-order valence-corrected chi connectivity index (χ1v) is 6.75. The highest BCUT2D eigenvalue weighted by Gasteiger charge is 2.38. The van der Waals surface area contributed by atoms with Gasteiger partial charge < -0.3 is 9.64 Å². The van der Waals surface area contributed by atoms with Crippen LogP contribution in [0.5, 0.6) is 0 Å². The Hall–Kier alpha value is -1.34. The van der Waals surface area contributed by atoms with Gasteiger partial charge in [0.05, 0.1) is 12.3 Å². The van der Waals surface area contributed by atoms with Crippen molar-refractivity contribution in [3.8, 4) is 0 Å². The van der Waals surface area contributed by atoms with Crippen LogP contribution in [0.1, 0.15) is 5.56 Å². The summed E-state index contributed by atoms with van der Waals surface area (Å²) in [5, 5.41) is 0. The van der Waals surface area contributed by atoms with E-state index in [1.54, 1.807) is 12.0 Å². The molecule has 0 aliphatic carbocycles. The Labute approximate surface area is 121 Å². The maximum atomic E-state index is 13.6. The van der Waals surface area contributed by atoms with E-state index in [0.29, 0.717) is 32.8 Å². The molecule has 1 aliphatic rings. The number of hydrogen-bond acceptors (Lipinski definition) is 3. The molecule has 0 unspecified atom stereocenters. The van der Waals surface area contributed by atoms with E-state index in [1.165, 1.54) is 12.1 Å². The smallest absolute Gasteiger partial charge is 0.383 e. The van der Waals surface area contributed by atoms with Crippen LogP contribution in [0.15, 0.2) is 18.2 Å². The Morgan fingerprint density at radius 2 is 1.81 bits per heavy atom. The summed E-state index contributed by atoms with van der Waals surface area (Å²) in [6, 6.07) is 3.50. The van der Waals surface area contributed by atoms with Gasteiger partial charge in [-0.2, -0.15) is 13.2 Å². The van der Waals surface area contributed by atoms with Gasteiger partial charge in [0.1, 0.15) is 11.4 Å². The quantitative estimate of drug-likeness (QED) is 0.795. The third-order valence-electron chi connectivity index (χ3n) is 3.60. The van der Waals surface area contributed by atoms with Crippen molar-refractivity contribution in [1.82, 2.24) is 4.90 Å². The van der Waals surface area contributed by atoms with E-state index in [2.05, 4.69) is 4.90 Å². The predicted molar refractivity (Wildman–Crippen MR) is 71.9 cm³/mol. The molecule has 0 radical (unpaired) electrons. The fourth-order valence-corrected chi connectivity index (χ4v) is 2.49.